The van der Waals surface area contributed by atoms with Crippen molar-refractivity contribution < 1.29 is 75.8 Å². The lowest BCUT2D eigenvalue weighted by atomic mass is 10.0. The summed E-state index contributed by atoms with van der Waals surface area (Å²) in [6.45, 7) is 2.64. The number of phosphoric ester groups is 2. The standard InChI is InChI=1S/C85H152O16P2/c1-4-7-10-13-16-19-22-25-28-30-32-33-34-35-36-37-38-39-40-41-42-43-44-45-47-49-51-53-56-59-62-65-68-71-83(88)95-74-80(86)75-97-102(91,92)98-76-81(87)77-99-103(93,94)100-79-82(101-85(90)73-70-67-64-61-58-55-50-27-24-21-18-15-12-9-6-3)78-96-84(89)72-69-66-63-60-57-54-52-48-46-31-29-26-23-20-17-14-11-8-5-2/h16-17,19-20,25-29,32-33,35-36,46,48,50,80-82,86-87H,4-15,18,21-24,30-31,34,37-45,47,49,51-79H2,1-3H3,(H,91,92)(H,93,94)/b19-16-,20-17-,28-25-,29-26-,33-32-,36-35-,48-46-,50-27-. The minimum atomic E-state index is -4.93. The lowest BCUT2D eigenvalue weighted by Gasteiger charge is -2.21. The zero-order chi connectivity index (χ0) is 75.2. The van der Waals surface area contributed by atoms with Gasteiger partial charge in [0.05, 0.1) is 26.4 Å². The van der Waals surface area contributed by atoms with Gasteiger partial charge >= 0.3 is 33.6 Å². The van der Waals surface area contributed by atoms with Crippen molar-refractivity contribution in [2.45, 2.75) is 386 Å². The van der Waals surface area contributed by atoms with Crippen molar-refractivity contribution in [2.24, 2.45) is 0 Å². The first-order valence-corrected chi connectivity index (χ1v) is 44.5. The maximum Gasteiger partial charge on any atom is 0.472 e. The highest BCUT2D eigenvalue weighted by Crippen LogP contribution is 2.45. The second-order valence-electron chi connectivity index (χ2n) is 27.9. The van der Waals surface area contributed by atoms with Crippen LogP contribution >= 0.6 is 15.6 Å². The van der Waals surface area contributed by atoms with Gasteiger partial charge in [0.25, 0.3) is 0 Å². The Bertz CT molecular complexity index is 2260. The van der Waals surface area contributed by atoms with Crippen molar-refractivity contribution in [1.82, 2.24) is 0 Å². The molecule has 0 spiro atoms. The molecule has 4 N–H and O–H groups in total. The molecule has 0 aliphatic rings. The Labute approximate surface area is 628 Å². The van der Waals surface area contributed by atoms with E-state index >= 15 is 0 Å². The van der Waals surface area contributed by atoms with E-state index in [4.69, 9.17) is 32.3 Å². The van der Waals surface area contributed by atoms with Crippen molar-refractivity contribution in [3.63, 3.8) is 0 Å². The molecule has 0 aromatic rings. The zero-order valence-electron chi connectivity index (χ0n) is 65.5. The first kappa shape index (κ1) is 99.5. The molecule has 0 saturated carbocycles. The number of carbonyl (C=O) groups is 3. The fourth-order valence-electron chi connectivity index (χ4n) is 11.4. The van der Waals surface area contributed by atoms with E-state index in [9.17, 15) is 43.5 Å². The summed E-state index contributed by atoms with van der Waals surface area (Å²) < 4.78 is 61.2. The van der Waals surface area contributed by atoms with Crippen LogP contribution in [0.5, 0.6) is 0 Å². The van der Waals surface area contributed by atoms with E-state index in [1.165, 1.54) is 173 Å². The van der Waals surface area contributed by atoms with E-state index in [2.05, 4.69) is 118 Å². The van der Waals surface area contributed by atoms with E-state index in [0.717, 1.165) is 135 Å². The third-order valence-corrected chi connectivity index (χ3v) is 19.7. The van der Waals surface area contributed by atoms with Gasteiger partial charge in [-0.15, -0.1) is 0 Å². The van der Waals surface area contributed by atoms with Gasteiger partial charge in [0, 0.05) is 19.3 Å². The van der Waals surface area contributed by atoms with Crippen LogP contribution in [0.15, 0.2) is 97.2 Å². The predicted octanol–water partition coefficient (Wildman–Crippen LogP) is 24.5. The molecule has 0 rings (SSSR count). The topological polar surface area (TPSA) is 231 Å². The Balaban J connectivity index is 4.43. The number of esters is 3. The average molecular weight is 1490 g/mol. The average Bonchev–Trinajstić information content (AvgIpc) is 0.916. The lowest BCUT2D eigenvalue weighted by Crippen LogP contribution is -2.30. The summed E-state index contributed by atoms with van der Waals surface area (Å²) in [4.78, 5) is 58.7. The number of rotatable bonds is 79. The van der Waals surface area contributed by atoms with Crippen molar-refractivity contribution in [3.8, 4) is 0 Å². The Morgan fingerprint density at radius 1 is 0.272 bits per heavy atom. The molecule has 0 fully saturated rings. The largest absolute Gasteiger partial charge is 0.472 e. The molecular weight excluding hydrogens is 1340 g/mol. The molecule has 16 nitrogen and oxygen atoms in total. The molecule has 0 saturated heterocycles. The van der Waals surface area contributed by atoms with Crippen LogP contribution in [0.3, 0.4) is 0 Å². The maximum absolute atomic E-state index is 13.0. The maximum atomic E-state index is 13.0. The van der Waals surface area contributed by atoms with Gasteiger partial charge < -0.3 is 34.2 Å². The highest BCUT2D eigenvalue weighted by molar-refractivity contribution is 7.47. The van der Waals surface area contributed by atoms with Crippen molar-refractivity contribution in [3.05, 3.63) is 97.2 Å². The van der Waals surface area contributed by atoms with Gasteiger partial charge in [0.1, 0.15) is 25.4 Å². The van der Waals surface area contributed by atoms with Crippen LogP contribution in [0.2, 0.25) is 0 Å². The number of aliphatic hydroxyl groups is 2. The van der Waals surface area contributed by atoms with Crippen LogP contribution in [-0.4, -0.2) is 95.9 Å². The Morgan fingerprint density at radius 2 is 0.485 bits per heavy atom. The Morgan fingerprint density at radius 3 is 0.796 bits per heavy atom. The van der Waals surface area contributed by atoms with Crippen LogP contribution in [0.1, 0.15) is 367 Å². The van der Waals surface area contributed by atoms with Crippen molar-refractivity contribution >= 4 is 33.6 Å². The van der Waals surface area contributed by atoms with Crippen LogP contribution < -0.4 is 0 Å². The van der Waals surface area contributed by atoms with E-state index < -0.39 is 91.5 Å². The molecule has 103 heavy (non-hydrogen) atoms. The molecule has 0 bridgehead atoms. The summed E-state index contributed by atoms with van der Waals surface area (Å²) in [6.07, 6.45) is 90.4. The number of hydrogen-bond donors (Lipinski definition) is 4. The first-order valence-electron chi connectivity index (χ1n) is 41.5. The van der Waals surface area contributed by atoms with Crippen LogP contribution in [0, 0.1) is 0 Å². The number of unbranched alkanes of at least 4 members (excludes halogenated alkanes) is 40. The minimum Gasteiger partial charge on any atom is -0.463 e. The first-order chi connectivity index (χ1) is 50.2. The molecule has 5 unspecified atom stereocenters. The number of ether oxygens (including phenoxy) is 3. The van der Waals surface area contributed by atoms with Gasteiger partial charge in [-0.3, -0.25) is 32.5 Å². The smallest absolute Gasteiger partial charge is 0.463 e. The SMILES string of the molecule is CCCCC/C=C\C/C=C\C/C=C\C/C=C\CCCCCCCCCCCCCCCCCCCC(=O)OCC(O)COP(=O)(O)OCC(O)COP(=O)(O)OCC(COC(=O)CCCCCCCC/C=C\C/C=C\C/C=C\CCCCC)OC(=O)CCCCCCC/C=C\CCCCCCCC. The minimum absolute atomic E-state index is 0.0929. The number of hydrogen-bond acceptors (Lipinski definition) is 14. The van der Waals surface area contributed by atoms with Crippen LogP contribution in [0.4, 0.5) is 0 Å². The number of phosphoric acid groups is 2. The summed E-state index contributed by atoms with van der Waals surface area (Å²) in [5, 5.41) is 20.7. The van der Waals surface area contributed by atoms with Gasteiger partial charge in [-0.2, -0.15) is 0 Å². The quantitative estimate of drug-likeness (QED) is 0.0146. The summed E-state index contributed by atoms with van der Waals surface area (Å²) in [5.41, 5.74) is 0. The lowest BCUT2D eigenvalue weighted by molar-refractivity contribution is -0.161. The van der Waals surface area contributed by atoms with Crippen LogP contribution in [-0.2, 0) is 55.8 Å². The van der Waals surface area contributed by atoms with Crippen molar-refractivity contribution in [1.29, 1.82) is 0 Å². The van der Waals surface area contributed by atoms with Crippen molar-refractivity contribution in [2.75, 3.05) is 39.6 Å². The Hall–Kier alpha value is -3.53. The second-order valence-corrected chi connectivity index (χ2v) is 30.8. The molecule has 0 heterocycles. The monoisotopic (exact) mass is 1490 g/mol. The molecule has 18 heteroatoms. The van der Waals surface area contributed by atoms with Gasteiger partial charge in [0.15, 0.2) is 6.10 Å². The Kier molecular flexibility index (Phi) is 75.4. The normalized spacial score (nSPS) is 14.4. The molecule has 0 aromatic carbocycles. The summed E-state index contributed by atoms with van der Waals surface area (Å²) in [6, 6.07) is 0. The number of aliphatic hydroxyl groups excluding tert-OH is 2. The molecule has 0 aliphatic carbocycles. The summed E-state index contributed by atoms with van der Waals surface area (Å²) >= 11 is 0. The second kappa shape index (κ2) is 78.1. The van der Waals surface area contributed by atoms with E-state index in [0.29, 0.717) is 19.3 Å². The third kappa shape index (κ3) is 79.3. The van der Waals surface area contributed by atoms with E-state index in [-0.39, 0.29) is 19.3 Å². The molecule has 0 aliphatic heterocycles. The number of carbonyl (C=O) groups excluding carboxylic acids is 3. The molecule has 0 radical (unpaired) electrons. The number of allylic oxidation sites excluding steroid dienone is 16. The van der Waals surface area contributed by atoms with Gasteiger partial charge in [-0.25, -0.2) is 9.13 Å². The fourth-order valence-corrected chi connectivity index (χ4v) is 13.0. The molecule has 0 amide bonds. The van der Waals surface area contributed by atoms with Gasteiger partial charge in [-0.1, -0.05) is 317 Å². The highest BCUT2D eigenvalue weighted by Gasteiger charge is 2.29. The summed E-state index contributed by atoms with van der Waals surface area (Å²) in [5.74, 6) is -1.58. The van der Waals surface area contributed by atoms with Crippen LogP contribution in [0.25, 0.3) is 0 Å². The van der Waals surface area contributed by atoms with Gasteiger partial charge in [0.2, 0.25) is 0 Å². The van der Waals surface area contributed by atoms with Gasteiger partial charge in [-0.05, 0) is 128 Å². The highest BCUT2D eigenvalue weighted by atomic mass is 31.2. The summed E-state index contributed by atoms with van der Waals surface area (Å²) in [7, 11) is -9.79. The van der Waals surface area contributed by atoms with E-state index in [1.54, 1.807) is 0 Å². The third-order valence-electron chi connectivity index (χ3n) is 17.8. The molecule has 0 aromatic heterocycles. The van der Waals surface area contributed by atoms with E-state index in [1.807, 2.05) is 0 Å². The zero-order valence-corrected chi connectivity index (χ0v) is 67.3. The molecule has 598 valence electrons. The fraction of sp³-hybridized carbons (Fsp3) is 0.776. The predicted molar refractivity (Wildman–Crippen MR) is 427 cm³/mol. The molecular formula is C85H152O16P2. The molecule has 5 atom stereocenters.